The number of fused-ring (bicyclic) bond motifs is 1. The second kappa shape index (κ2) is 7.18. The van der Waals surface area contributed by atoms with Crippen LogP contribution in [0.1, 0.15) is 41.6 Å². The molecule has 2 aliphatic rings. The standard InChI is InChI=1S/C21H25N3O3/c1-14-6-7-18-16(11-14)17(12-19(25)22-18)21(27)24-10-4-5-15(13-24)20(26)23-8-2-3-9-23/h6-7,11-12,15H,2-5,8-10,13H2,1H3,(H,22,25)/t15-/m0/s1. The first-order valence-corrected chi connectivity index (χ1v) is 9.75. The normalized spacial score (nSPS) is 20.3. The predicted octanol–water partition coefficient (Wildman–Crippen LogP) is 2.31. The summed E-state index contributed by atoms with van der Waals surface area (Å²) in [5.41, 5.74) is 1.84. The average molecular weight is 367 g/mol. The van der Waals surface area contributed by atoms with Gasteiger partial charge < -0.3 is 14.8 Å². The van der Waals surface area contributed by atoms with Gasteiger partial charge in [-0.1, -0.05) is 11.6 Å². The summed E-state index contributed by atoms with van der Waals surface area (Å²) in [5.74, 6) is -0.108. The highest BCUT2D eigenvalue weighted by molar-refractivity contribution is 6.06. The molecule has 6 nitrogen and oxygen atoms in total. The van der Waals surface area contributed by atoms with Crippen LogP contribution >= 0.6 is 0 Å². The molecule has 2 saturated heterocycles. The highest BCUT2D eigenvalue weighted by Gasteiger charge is 2.33. The Morgan fingerprint density at radius 3 is 2.56 bits per heavy atom. The Labute approximate surface area is 158 Å². The lowest BCUT2D eigenvalue weighted by molar-refractivity contribution is -0.135. The number of H-pyrrole nitrogens is 1. The van der Waals surface area contributed by atoms with Crippen molar-refractivity contribution >= 4 is 22.7 Å². The third-order valence-corrected chi connectivity index (χ3v) is 5.70. The van der Waals surface area contributed by atoms with E-state index in [0.717, 1.165) is 49.7 Å². The van der Waals surface area contributed by atoms with Gasteiger partial charge in [0.2, 0.25) is 11.5 Å². The van der Waals surface area contributed by atoms with Crippen molar-refractivity contribution < 1.29 is 9.59 Å². The summed E-state index contributed by atoms with van der Waals surface area (Å²) in [6, 6.07) is 7.06. The van der Waals surface area contributed by atoms with Gasteiger partial charge in [-0.05, 0) is 44.7 Å². The molecule has 1 aromatic heterocycles. The van der Waals surface area contributed by atoms with Crippen LogP contribution in [0.2, 0.25) is 0 Å². The van der Waals surface area contributed by atoms with E-state index in [1.807, 2.05) is 30.0 Å². The third-order valence-electron chi connectivity index (χ3n) is 5.70. The smallest absolute Gasteiger partial charge is 0.254 e. The molecule has 0 bridgehead atoms. The van der Waals surface area contributed by atoms with Crippen molar-refractivity contribution in [3.8, 4) is 0 Å². The quantitative estimate of drug-likeness (QED) is 0.885. The first kappa shape index (κ1) is 17.8. The van der Waals surface area contributed by atoms with Crippen LogP contribution in [0.25, 0.3) is 10.9 Å². The van der Waals surface area contributed by atoms with E-state index in [4.69, 9.17) is 0 Å². The molecule has 2 aliphatic heterocycles. The van der Waals surface area contributed by atoms with Gasteiger partial charge in [0.05, 0.1) is 11.5 Å². The summed E-state index contributed by atoms with van der Waals surface area (Å²) in [7, 11) is 0. The minimum absolute atomic E-state index is 0.129. The SMILES string of the molecule is Cc1ccc2[nH]c(=O)cc(C(=O)N3CCC[C@H](C(=O)N4CCCC4)C3)c2c1. The molecule has 0 radical (unpaired) electrons. The number of benzene rings is 1. The van der Waals surface area contributed by atoms with Gasteiger partial charge in [-0.15, -0.1) is 0 Å². The van der Waals surface area contributed by atoms with Crippen LogP contribution in [0.4, 0.5) is 0 Å². The Bertz CT molecular complexity index is 943. The molecule has 0 unspecified atom stereocenters. The highest BCUT2D eigenvalue weighted by atomic mass is 16.2. The third kappa shape index (κ3) is 3.48. The summed E-state index contributed by atoms with van der Waals surface area (Å²) in [6.07, 6.45) is 3.78. The number of amides is 2. The van der Waals surface area contributed by atoms with Crippen molar-refractivity contribution in [2.45, 2.75) is 32.6 Å². The lowest BCUT2D eigenvalue weighted by Gasteiger charge is -2.34. The number of hydrogen-bond acceptors (Lipinski definition) is 3. The number of carbonyl (C=O) groups excluding carboxylic acids is 2. The van der Waals surface area contributed by atoms with E-state index in [1.54, 1.807) is 4.90 Å². The molecule has 2 amide bonds. The molecule has 0 aliphatic carbocycles. The van der Waals surface area contributed by atoms with Gasteiger partial charge in [0, 0.05) is 43.1 Å². The number of rotatable bonds is 2. The van der Waals surface area contributed by atoms with Crippen molar-refractivity contribution in [1.82, 2.24) is 14.8 Å². The van der Waals surface area contributed by atoms with Crippen molar-refractivity contribution in [1.29, 1.82) is 0 Å². The number of aryl methyl sites for hydroxylation is 1. The first-order chi connectivity index (χ1) is 13.0. The predicted molar refractivity (Wildman–Crippen MR) is 104 cm³/mol. The van der Waals surface area contributed by atoms with Gasteiger partial charge in [-0.25, -0.2) is 0 Å². The lowest BCUT2D eigenvalue weighted by Crippen LogP contribution is -2.46. The topological polar surface area (TPSA) is 73.5 Å². The van der Waals surface area contributed by atoms with Crippen LogP contribution in [0.5, 0.6) is 0 Å². The number of aromatic nitrogens is 1. The van der Waals surface area contributed by atoms with Gasteiger partial charge in [0.25, 0.3) is 5.91 Å². The fourth-order valence-electron chi connectivity index (χ4n) is 4.27. The van der Waals surface area contributed by atoms with E-state index in [1.165, 1.54) is 6.07 Å². The Balaban J connectivity index is 1.61. The molecule has 3 heterocycles. The van der Waals surface area contributed by atoms with Crippen molar-refractivity contribution in [2.24, 2.45) is 5.92 Å². The molecule has 6 heteroatoms. The van der Waals surface area contributed by atoms with Crippen LogP contribution < -0.4 is 5.56 Å². The Kier molecular flexibility index (Phi) is 4.72. The number of nitrogens with one attached hydrogen (secondary N) is 1. The molecule has 1 aromatic carbocycles. The van der Waals surface area contributed by atoms with Crippen LogP contribution in [-0.2, 0) is 4.79 Å². The summed E-state index contributed by atoms with van der Waals surface area (Å²) < 4.78 is 0. The van der Waals surface area contributed by atoms with Crippen molar-refractivity contribution in [3.63, 3.8) is 0 Å². The number of hydrogen-bond donors (Lipinski definition) is 1. The minimum atomic E-state index is -0.281. The number of aromatic amines is 1. The Morgan fingerprint density at radius 2 is 1.78 bits per heavy atom. The summed E-state index contributed by atoms with van der Waals surface area (Å²) >= 11 is 0. The van der Waals surface area contributed by atoms with Crippen LogP contribution in [0.15, 0.2) is 29.1 Å². The molecule has 142 valence electrons. The second-order valence-electron chi connectivity index (χ2n) is 7.72. The molecule has 0 spiro atoms. The monoisotopic (exact) mass is 367 g/mol. The Hall–Kier alpha value is -2.63. The molecule has 0 saturated carbocycles. The van der Waals surface area contributed by atoms with Gasteiger partial charge in [0.15, 0.2) is 0 Å². The van der Waals surface area contributed by atoms with Crippen molar-refractivity contribution in [2.75, 3.05) is 26.2 Å². The molecule has 27 heavy (non-hydrogen) atoms. The second-order valence-corrected chi connectivity index (χ2v) is 7.72. The zero-order valence-corrected chi connectivity index (χ0v) is 15.7. The number of likely N-dealkylation sites (tertiary alicyclic amines) is 2. The van der Waals surface area contributed by atoms with Crippen LogP contribution in [0.3, 0.4) is 0 Å². The van der Waals surface area contributed by atoms with Crippen molar-refractivity contribution in [3.05, 3.63) is 45.7 Å². The van der Waals surface area contributed by atoms with E-state index in [9.17, 15) is 14.4 Å². The number of piperidine rings is 1. The van der Waals surface area contributed by atoms with E-state index < -0.39 is 0 Å². The van der Waals surface area contributed by atoms with E-state index in [2.05, 4.69) is 4.98 Å². The molecule has 1 atom stereocenters. The van der Waals surface area contributed by atoms with Gasteiger partial charge in [-0.2, -0.15) is 0 Å². The average Bonchev–Trinajstić information content (AvgIpc) is 3.21. The van der Waals surface area contributed by atoms with Crippen LogP contribution in [-0.4, -0.2) is 52.8 Å². The number of nitrogens with zero attached hydrogens (tertiary/aromatic N) is 2. The van der Waals surface area contributed by atoms with Gasteiger partial charge in [-0.3, -0.25) is 14.4 Å². The number of carbonyl (C=O) groups is 2. The Morgan fingerprint density at radius 1 is 1.04 bits per heavy atom. The fourth-order valence-corrected chi connectivity index (χ4v) is 4.27. The van der Waals surface area contributed by atoms with Gasteiger partial charge in [0.1, 0.15) is 0 Å². The maximum Gasteiger partial charge on any atom is 0.254 e. The summed E-state index contributed by atoms with van der Waals surface area (Å²) in [6.45, 7) is 4.70. The van der Waals surface area contributed by atoms with E-state index in [-0.39, 0.29) is 23.3 Å². The zero-order valence-electron chi connectivity index (χ0n) is 15.7. The van der Waals surface area contributed by atoms with E-state index in [0.29, 0.717) is 24.2 Å². The first-order valence-electron chi connectivity index (χ1n) is 9.75. The summed E-state index contributed by atoms with van der Waals surface area (Å²) in [4.78, 5) is 44.5. The fraction of sp³-hybridized carbons (Fsp3) is 0.476. The zero-order chi connectivity index (χ0) is 19.0. The largest absolute Gasteiger partial charge is 0.342 e. The highest BCUT2D eigenvalue weighted by Crippen LogP contribution is 2.24. The molecule has 1 N–H and O–H groups in total. The molecule has 4 rings (SSSR count). The molecular weight excluding hydrogens is 342 g/mol. The molecule has 2 aromatic rings. The van der Waals surface area contributed by atoms with Crippen LogP contribution in [0, 0.1) is 12.8 Å². The summed E-state index contributed by atoms with van der Waals surface area (Å²) in [5, 5.41) is 0.757. The van der Waals surface area contributed by atoms with E-state index >= 15 is 0 Å². The lowest BCUT2D eigenvalue weighted by atomic mass is 9.95. The molecular formula is C21H25N3O3. The maximum absolute atomic E-state index is 13.2. The number of pyridine rings is 1. The van der Waals surface area contributed by atoms with Gasteiger partial charge >= 0.3 is 0 Å². The molecule has 2 fully saturated rings. The minimum Gasteiger partial charge on any atom is -0.342 e. The maximum atomic E-state index is 13.2.